The Morgan fingerprint density at radius 1 is 1.03 bits per heavy atom. The predicted molar refractivity (Wildman–Crippen MR) is 129 cm³/mol. The molecule has 3 aromatic rings. The van der Waals surface area contributed by atoms with Crippen LogP contribution in [0.4, 0.5) is 0 Å². The number of rotatable bonds is 9. The van der Waals surface area contributed by atoms with Gasteiger partial charge in [-0.05, 0) is 67.9 Å². The lowest BCUT2D eigenvalue weighted by atomic mass is 10.0. The first-order chi connectivity index (χ1) is 16.2. The van der Waals surface area contributed by atoms with Gasteiger partial charge in [0.05, 0.1) is 13.2 Å². The molecular weight excluding hydrogens is 414 g/mol. The summed E-state index contributed by atoms with van der Waals surface area (Å²) in [6.07, 6.45) is 7.16. The van der Waals surface area contributed by atoms with E-state index in [1.807, 2.05) is 42.5 Å². The molecule has 1 aliphatic rings. The van der Waals surface area contributed by atoms with Crippen molar-refractivity contribution in [3.05, 3.63) is 89.7 Å². The molecule has 1 aliphatic heterocycles. The van der Waals surface area contributed by atoms with Crippen LogP contribution < -0.4 is 14.8 Å². The van der Waals surface area contributed by atoms with Crippen molar-refractivity contribution in [2.75, 3.05) is 26.7 Å². The minimum Gasteiger partial charge on any atom is -0.497 e. The highest BCUT2D eigenvalue weighted by atomic mass is 16.5. The fourth-order valence-electron chi connectivity index (χ4n) is 4.18. The summed E-state index contributed by atoms with van der Waals surface area (Å²) in [6.45, 7) is 3.05. The van der Waals surface area contributed by atoms with Gasteiger partial charge in [-0.3, -0.25) is 14.7 Å². The molecule has 0 aliphatic carbocycles. The van der Waals surface area contributed by atoms with E-state index in [9.17, 15) is 4.79 Å². The van der Waals surface area contributed by atoms with Gasteiger partial charge in [0, 0.05) is 30.1 Å². The van der Waals surface area contributed by atoms with Crippen molar-refractivity contribution in [1.82, 2.24) is 15.2 Å². The summed E-state index contributed by atoms with van der Waals surface area (Å²) < 4.78 is 11.2. The number of aromatic nitrogens is 1. The van der Waals surface area contributed by atoms with Crippen molar-refractivity contribution in [1.29, 1.82) is 0 Å². The Morgan fingerprint density at radius 2 is 1.85 bits per heavy atom. The molecule has 2 heterocycles. The molecule has 6 nitrogen and oxygen atoms in total. The molecule has 1 saturated heterocycles. The summed E-state index contributed by atoms with van der Waals surface area (Å²) in [7, 11) is 1.67. The van der Waals surface area contributed by atoms with Crippen LogP contribution in [0.25, 0.3) is 0 Å². The molecule has 1 amide bonds. The number of nitrogens with one attached hydrogen (secondary N) is 1. The van der Waals surface area contributed by atoms with E-state index < -0.39 is 0 Å². The Kier molecular flexibility index (Phi) is 7.93. The molecule has 0 bridgehead atoms. The Labute approximate surface area is 195 Å². The second-order valence-corrected chi connectivity index (χ2v) is 8.27. The number of hydrogen-bond acceptors (Lipinski definition) is 5. The van der Waals surface area contributed by atoms with Gasteiger partial charge >= 0.3 is 0 Å². The molecule has 0 unspecified atom stereocenters. The Bertz CT molecular complexity index is 1020. The first-order valence-electron chi connectivity index (χ1n) is 11.5. The third-order valence-electron chi connectivity index (χ3n) is 6.01. The number of benzene rings is 2. The predicted octanol–water partition coefficient (Wildman–Crippen LogP) is 4.63. The zero-order valence-electron chi connectivity index (χ0n) is 19.1. The summed E-state index contributed by atoms with van der Waals surface area (Å²) >= 11 is 0. The number of likely N-dealkylation sites (tertiary alicyclic amines) is 1. The molecule has 0 radical (unpaired) electrons. The number of ether oxygens (including phenoxy) is 2. The standard InChI is InChI=1S/C27H31N3O3/c1-32-24-12-10-22(11-13-24)26(30-15-3-2-4-16-30)19-29-27(31)23-8-5-9-25(17-23)33-20-21-7-6-14-28-18-21/h5-14,17-18,26H,2-4,15-16,19-20H2,1H3,(H,29,31)/t26-/m0/s1. The molecule has 33 heavy (non-hydrogen) atoms. The second-order valence-electron chi connectivity index (χ2n) is 8.27. The smallest absolute Gasteiger partial charge is 0.251 e. The van der Waals surface area contributed by atoms with Crippen LogP contribution in [0.1, 0.15) is 46.8 Å². The van der Waals surface area contributed by atoms with E-state index in [1.54, 1.807) is 25.6 Å². The molecule has 1 fully saturated rings. The number of nitrogens with zero attached hydrogens (tertiary/aromatic N) is 2. The average molecular weight is 446 g/mol. The van der Waals surface area contributed by atoms with E-state index in [0.29, 0.717) is 24.5 Å². The summed E-state index contributed by atoms with van der Waals surface area (Å²) in [4.78, 5) is 19.5. The van der Waals surface area contributed by atoms with Gasteiger partial charge in [-0.1, -0.05) is 30.7 Å². The van der Waals surface area contributed by atoms with Crippen LogP contribution in [-0.2, 0) is 6.61 Å². The van der Waals surface area contributed by atoms with Gasteiger partial charge in [0.15, 0.2) is 0 Å². The van der Waals surface area contributed by atoms with Gasteiger partial charge < -0.3 is 14.8 Å². The maximum absolute atomic E-state index is 13.0. The van der Waals surface area contributed by atoms with Gasteiger partial charge in [-0.25, -0.2) is 0 Å². The zero-order chi connectivity index (χ0) is 22.9. The van der Waals surface area contributed by atoms with E-state index in [-0.39, 0.29) is 11.9 Å². The van der Waals surface area contributed by atoms with E-state index in [4.69, 9.17) is 9.47 Å². The van der Waals surface area contributed by atoms with Crippen LogP contribution >= 0.6 is 0 Å². The molecule has 1 atom stereocenters. The molecule has 6 heteroatoms. The monoisotopic (exact) mass is 445 g/mol. The highest BCUT2D eigenvalue weighted by Crippen LogP contribution is 2.26. The summed E-state index contributed by atoms with van der Waals surface area (Å²) in [5.74, 6) is 1.40. The molecule has 1 N–H and O–H groups in total. The van der Waals surface area contributed by atoms with Gasteiger partial charge in [-0.15, -0.1) is 0 Å². The molecular formula is C27H31N3O3. The molecule has 0 saturated carbocycles. The summed E-state index contributed by atoms with van der Waals surface area (Å²) in [6, 6.07) is 19.4. The van der Waals surface area contributed by atoms with Crippen LogP contribution in [0, 0.1) is 0 Å². The van der Waals surface area contributed by atoms with Crippen LogP contribution in [0.5, 0.6) is 11.5 Å². The summed E-state index contributed by atoms with van der Waals surface area (Å²) in [5.41, 5.74) is 2.76. The van der Waals surface area contributed by atoms with Crippen molar-refractivity contribution in [3.8, 4) is 11.5 Å². The zero-order valence-corrected chi connectivity index (χ0v) is 19.1. The quantitative estimate of drug-likeness (QED) is 0.520. The number of hydrogen-bond donors (Lipinski definition) is 1. The van der Waals surface area contributed by atoms with Crippen molar-refractivity contribution in [3.63, 3.8) is 0 Å². The van der Waals surface area contributed by atoms with Crippen LogP contribution in [-0.4, -0.2) is 42.5 Å². The number of carbonyl (C=O) groups is 1. The van der Waals surface area contributed by atoms with Crippen molar-refractivity contribution in [2.24, 2.45) is 0 Å². The number of methoxy groups -OCH3 is 1. The molecule has 2 aromatic carbocycles. The van der Waals surface area contributed by atoms with E-state index >= 15 is 0 Å². The number of carbonyl (C=O) groups excluding carboxylic acids is 1. The van der Waals surface area contributed by atoms with Crippen molar-refractivity contribution >= 4 is 5.91 Å². The number of pyridine rings is 1. The normalized spacial score (nSPS) is 14.9. The third kappa shape index (κ3) is 6.33. The first kappa shape index (κ1) is 22.8. The maximum atomic E-state index is 13.0. The number of piperidine rings is 1. The Hall–Kier alpha value is -3.38. The topological polar surface area (TPSA) is 63.7 Å². The van der Waals surface area contributed by atoms with Crippen LogP contribution in [0.15, 0.2) is 73.1 Å². The van der Waals surface area contributed by atoms with Crippen molar-refractivity contribution in [2.45, 2.75) is 31.9 Å². The van der Waals surface area contributed by atoms with Gasteiger partial charge in [0.2, 0.25) is 0 Å². The molecule has 172 valence electrons. The highest BCUT2D eigenvalue weighted by Gasteiger charge is 2.23. The van der Waals surface area contributed by atoms with Crippen LogP contribution in [0.2, 0.25) is 0 Å². The molecule has 1 aromatic heterocycles. The average Bonchev–Trinajstić information content (AvgIpc) is 2.89. The molecule has 4 rings (SSSR count). The fourth-order valence-corrected chi connectivity index (χ4v) is 4.18. The third-order valence-corrected chi connectivity index (χ3v) is 6.01. The Balaban J connectivity index is 1.41. The van der Waals surface area contributed by atoms with E-state index in [0.717, 1.165) is 24.4 Å². The second kappa shape index (κ2) is 11.5. The van der Waals surface area contributed by atoms with Gasteiger partial charge in [0.1, 0.15) is 18.1 Å². The minimum absolute atomic E-state index is 0.0997. The van der Waals surface area contributed by atoms with Gasteiger partial charge in [-0.2, -0.15) is 0 Å². The maximum Gasteiger partial charge on any atom is 0.251 e. The minimum atomic E-state index is -0.0997. The largest absolute Gasteiger partial charge is 0.497 e. The highest BCUT2D eigenvalue weighted by molar-refractivity contribution is 5.94. The molecule has 0 spiro atoms. The number of amides is 1. The fraction of sp³-hybridized carbons (Fsp3) is 0.333. The first-order valence-corrected chi connectivity index (χ1v) is 11.5. The lowest BCUT2D eigenvalue weighted by Crippen LogP contribution is -2.40. The van der Waals surface area contributed by atoms with Crippen LogP contribution in [0.3, 0.4) is 0 Å². The van der Waals surface area contributed by atoms with E-state index in [1.165, 1.54) is 24.8 Å². The van der Waals surface area contributed by atoms with Crippen molar-refractivity contribution < 1.29 is 14.3 Å². The van der Waals surface area contributed by atoms with Gasteiger partial charge in [0.25, 0.3) is 5.91 Å². The lowest BCUT2D eigenvalue weighted by molar-refractivity contribution is 0.0924. The SMILES string of the molecule is COc1ccc([C@H](CNC(=O)c2cccc(OCc3cccnc3)c2)N2CCCCC2)cc1. The summed E-state index contributed by atoms with van der Waals surface area (Å²) in [5, 5.41) is 3.15. The lowest BCUT2D eigenvalue weighted by Gasteiger charge is -2.35. The van der Waals surface area contributed by atoms with E-state index in [2.05, 4.69) is 27.3 Å². The Morgan fingerprint density at radius 3 is 2.58 bits per heavy atom.